The number of rotatable bonds is 5. The molecule has 2 aromatic carbocycles. The van der Waals surface area contributed by atoms with Gasteiger partial charge < -0.3 is 5.21 Å². The van der Waals surface area contributed by atoms with Gasteiger partial charge in [-0.3, -0.25) is 15.2 Å². The fourth-order valence-corrected chi connectivity index (χ4v) is 1.89. The van der Waals surface area contributed by atoms with Crippen LogP contribution in [0, 0.1) is 5.21 Å². The Bertz CT molecular complexity index is 585. The number of hydrazine groups is 1. The van der Waals surface area contributed by atoms with Crippen molar-refractivity contribution in [3.63, 3.8) is 0 Å². The van der Waals surface area contributed by atoms with E-state index in [1.54, 1.807) is 24.2 Å². The molecule has 2 rings (SSSR count). The SMILES string of the molecule is CN(NC(=O)Cc1ccc([NH+]([O-])O)cc1)c1ccccc1. The highest BCUT2D eigenvalue weighted by Gasteiger charge is 2.08. The molecule has 0 saturated heterocycles. The van der Waals surface area contributed by atoms with Gasteiger partial charge in [0, 0.05) is 19.2 Å². The average Bonchev–Trinajstić information content (AvgIpc) is 2.48. The van der Waals surface area contributed by atoms with Crippen molar-refractivity contribution >= 4 is 17.3 Å². The maximum Gasteiger partial charge on any atom is 0.242 e. The van der Waals surface area contributed by atoms with Crippen LogP contribution in [0.2, 0.25) is 0 Å². The van der Waals surface area contributed by atoms with Gasteiger partial charge in [0.2, 0.25) is 5.91 Å². The third-order valence-corrected chi connectivity index (χ3v) is 3.00. The van der Waals surface area contributed by atoms with Gasteiger partial charge in [0.25, 0.3) is 0 Å². The molecule has 0 bridgehead atoms. The monoisotopic (exact) mass is 287 g/mol. The zero-order chi connectivity index (χ0) is 15.2. The van der Waals surface area contributed by atoms with Crippen molar-refractivity contribution in [3.8, 4) is 0 Å². The minimum Gasteiger partial charge on any atom is -0.595 e. The number of carbonyl (C=O) groups excluding carboxylic acids is 1. The fraction of sp³-hybridized carbons (Fsp3) is 0.133. The Morgan fingerprint density at radius 1 is 1.19 bits per heavy atom. The van der Waals surface area contributed by atoms with Gasteiger partial charge in [0.1, 0.15) is 0 Å². The highest BCUT2D eigenvalue weighted by Crippen LogP contribution is 2.09. The van der Waals surface area contributed by atoms with Crippen molar-refractivity contribution < 1.29 is 15.2 Å². The molecule has 0 aromatic heterocycles. The number of para-hydroxylation sites is 1. The van der Waals surface area contributed by atoms with Gasteiger partial charge in [0.05, 0.1) is 12.1 Å². The van der Waals surface area contributed by atoms with Crippen molar-refractivity contribution in [2.45, 2.75) is 6.42 Å². The molecular weight excluding hydrogens is 270 g/mol. The molecule has 110 valence electrons. The normalized spacial score (nSPS) is 11.8. The van der Waals surface area contributed by atoms with Crippen LogP contribution in [0.1, 0.15) is 5.56 Å². The number of quaternary nitrogens is 1. The van der Waals surface area contributed by atoms with Gasteiger partial charge in [0.15, 0.2) is 5.69 Å². The molecule has 0 heterocycles. The van der Waals surface area contributed by atoms with E-state index in [1.807, 2.05) is 30.3 Å². The zero-order valence-electron chi connectivity index (χ0n) is 11.6. The van der Waals surface area contributed by atoms with Crippen LogP contribution in [-0.4, -0.2) is 18.2 Å². The number of nitrogens with one attached hydrogen (secondary N) is 2. The van der Waals surface area contributed by atoms with Crippen molar-refractivity contribution in [2.75, 3.05) is 12.1 Å². The lowest BCUT2D eigenvalue weighted by Crippen LogP contribution is -2.99. The van der Waals surface area contributed by atoms with E-state index in [4.69, 9.17) is 5.21 Å². The molecule has 21 heavy (non-hydrogen) atoms. The number of hydrogen-bond donors (Lipinski definition) is 3. The Morgan fingerprint density at radius 3 is 2.38 bits per heavy atom. The minimum atomic E-state index is -0.977. The summed E-state index contributed by atoms with van der Waals surface area (Å²) >= 11 is 0. The number of carbonyl (C=O) groups is 1. The number of hydrogen-bond acceptors (Lipinski definition) is 4. The maximum atomic E-state index is 11.9. The maximum absolute atomic E-state index is 11.9. The molecule has 0 aliphatic rings. The summed E-state index contributed by atoms with van der Waals surface area (Å²) in [6.45, 7) is 0. The zero-order valence-corrected chi connectivity index (χ0v) is 11.6. The molecule has 0 aliphatic carbocycles. The molecule has 0 saturated carbocycles. The number of anilines is 1. The Hall–Kier alpha value is -2.41. The number of benzene rings is 2. The van der Waals surface area contributed by atoms with Gasteiger partial charge in [-0.25, -0.2) is 5.21 Å². The van der Waals surface area contributed by atoms with E-state index in [0.717, 1.165) is 11.3 Å². The number of nitrogens with zero attached hydrogens (tertiary/aromatic N) is 1. The van der Waals surface area contributed by atoms with Crippen LogP contribution in [0.25, 0.3) is 0 Å². The quantitative estimate of drug-likeness (QED) is 0.711. The third-order valence-electron chi connectivity index (χ3n) is 3.00. The van der Waals surface area contributed by atoms with Crippen LogP contribution in [0.5, 0.6) is 0 Å². The predicted molar refractivity (Wildman–Crippen MR) is 78.9 cm³/mol. The molecule has 0 radical (unpaired) electrons. The van der Waals surface area contributed by atoms with Crippen LogP contribution in [0.4, 0.5) is 11.4 Å². The second-order valence-corrected chi connectivity index (χ2v) is 4.61. The summed E-state index contributed by atoms with van der Waals surface area (Å²) in [6.07, 6.45) is 0.192. The van der Waals surface area contributed by atoms with Crippen LogP contribution >= 0.6 is 0 Å². The van der Waals surface area contributed by atoms with Gasteiger partial charge in [-0.05, 0) is 17.7 Å². The summed E-state index contributed by atoms with van der Waals surface area (Å²) < 4.78 is 0. The van der Waals surface area contributed by atoms with E-state index < -0.39 is 5.23 Å². The Labute approximate surface area is 122 Å². The summed E-state index contributed by atoms with van der Waals surface area (Å²) in [6, 6.07) is 15.7. The average molecular weight is 287 g/mol. The highest BCUT2D eigenvalue weighted by atomic mass is 16.8. The molecule has 0 spiro atoms. The molecule has 2 aromatic rings. The Morgan fingerprint density at radius 2 is 1.81 bits per heavy atom. The molecular formula is C15H17N3O3. The van der Waals surface area contributed by atoms with E-state index in [0.29, 0.717) is 0 Å². The molecule has 1 atom stereocenters. The topological polar surface area (TPSA) is 80.1 Å². The molecule has 1 unspecified atom stereocenters. The molecule has 0 fully saturated rings. The van der Waals surface area contributed by atoms with Crippen LogP contribution in [0.3, 0.4) is 0 Å². The molecule has 0 aliphatic heterocycles. The summed E-state index contributed by atoms with van der Waals surface area (Å²) in [7, 11) is 1.76. The lowest BCUT2D eigenvalue weighted by atomic mass is 10.1. The molecule has 3 N–H and O–H groups in total. The van der Waals surface area contributed by atoms with Crippen LogP contribution in [-0.2, 0) is 11.2 Å². The van der Waals surface area contributed by atoms with E-state index in [2.05, 4.69) is 5.43 Å². The van der Waals surface area contributed by atoms with E-state index in [1.165, 1.54) is 12.1 Å². The van der Waals surface area contributed by atoms with Gasteiger partial charge in [-0.1, -0.05) is 30.3 Å². The largest absolute Gasteiger partial charge is 0.595 e. The van der Waals surface area contributed by atoms with Crippen LogP contribution < -0.4 is 15.7 Å². The second-order valence-electron chi connectivity index (χ2n) is 4.61. The third kappa shape index (κ3) is 4.28. The first-order valence-corrected chi connectivity index (χ1v) is 6.47. The second kappa shape index (κ2) is 6.85. The van der Waals surface area contributed by atoms with Crippen molar-refractivity contribution in [1.82, 2.24) is 5.43 Å². The lowest BCUT2D eigenvalue weighted by Gasteiger charge is -2.20. The Kier molecular flexibility index (Phi) is 4.89. The van der Waals surface area contributed by atoms with Gasteiger partial charge in [-0.2, -0.15) is 5.23 Å². The van der Waals surface area contributed by atoms with Crippen LogP contribution in [0.15, 0.2) is 54.6 Å². The molecule has 6 heteroatoms. The summed E-state index contributed by atoms with van der Waals surface area (Å²) in [4.78, 5) is 11.9. The smallest absolute Gasteiger partial charge is 0.242 e. The summed E-state index contributed by atoms with van der Waals surface area (Å²) in [5.41, 5.74) is 4.61. The van der Waals surface area contributed by atoms with Crippen molar-refractivity contribution in [2.24, 2.45) is 0 Å². The predicted octanol–water partition coefficient (Wildman–Crippen LogP) is 0.800. The van der Waals surface area contributed by atoms with E-state index >= 15 is 0 Å². The lowest BCUT2D eigenvalue weighted by molar-refractivity contribution is -0.991. The highest BCUT2D eigenvalue weighted by molar-refractivity contribution is 5.80. The Balaban J connectivity index is 1.92. The van der Waals surface area contributed by atoms with Gasteiger partial charge >= 0.3 is 0 Å². The standard InChI is InChI=1S/C15H17N3O3/c1-17(13-5-3-2-4-6-13)16-15(19)11-12-7-9-14(10-8-12)18(20)21/h2-10,18,20H,11H2,1H3,(H,16,19). The first kappa shape index (κ1) is 15.0. The summed E-state index contributed by atoms with van der Waals surface area (Å²) in [5.74, 6) is -0.163. The first-order chi connectivity index (χ1) is 10.1. The number of amides is 1. The fourth-order valence-electron chi connectivity index (χ4n) is 1.89. The molecule has 6 nitrogen and oxygen atoms in total. The first-order valence-electron chi connectivity index (χ1n) is 6.47. The van der Waals surface area contributed by atoms with E-state index in [9.17, 15) is 10.0 Å². The van der Waals surface area contributed by atoms with Crippen molar-refractivity contribution in [1.29, 1.82) is 0 Å². The minimum absolute atomic E-state index is 0.163. The van der Waals surface area contributed by atoms with Gasteiger partial charge in [-0.15, -0.1) is 0 Å². The summed E-state index contributed by atoms with van der Waals surface area (Å²) in [5, 5.41) is 20.2. The van der Waals surface area contributed by atoms with E-state index in [-0.39, 0.29) is 18.0 Å². The molecule has 1 amide bonds. The van der Waals surface area contributed by atoms with Crippen molar-refractivity contribution in [3.05, 3.63) is 65.4 Å².